The largest absolute Gasteiger partial charge is 0.471 e. The van der Waals surface area contributed by atoms with Crippen LogP contribution in [0, 0.1) is 0 Å². The first kappa shape index (κ1) is 18.6. The lowest BCUT2D eigenvalue weighted by atomic mass is 10.1. The molecular weight excluding hydrogens is 363 g/mol. The van der Waals surface area contributed by atoms with Crippen molar-refractivity contribution in [3.8, 4) is 11.4 Å². The van der Waals surface area contributed by atoms with E-state index < -0.39 is 12.1 Å². The topological polar surface area (TPSA) is 85.8 Å². The van der Waals surface area contributed by atoms with Gasteiger partial charge in [-0.2, -0.15) is 23.3 Å². The van der Waals surface area contributed by atoms with Crippen LogP contribution in [-0.4, -0.2) is 25.8 Å². The van der Waals surface area contributed by atoms with Crippen LogP contribution in [0.3, 0.4) is 0 Å². The highest BCUT2D eigenvalue weighted by atomic mass is 19.4. The van der Waals surface area contributed by atoms with Crippen LogP contribution in [0.25, 0.3) is 11.4 Å². The fraction of sp³-hybridized carbons (Fsp3) is 0.294. The van der Waals surface area contributed by atoms with E-state index in [2.05, 4.69) is 25.1 Å². The van der Waals surface area contributed by atoms with E-state index in [-0.39, 0.29) is 18.3 Å². The zero-order chi connectivity index (χ0) is 19.6. The van der Waals surface area contributed by atoms with Gasteiger partial charge in [-0.3, -0.25) is 9.48 Å². The molecule has 1 N–H and O–H groups in total. The van der Waals surface area contributed by atoms with Crippen LogP contribution < -0.4 is 5.32 Å². The zero-order valence-electron chi connectivity index (χ0n) is 14.5. The molecule has 0 saturated carbocycles. The minimum Gasteiger partial charge on any atom is -0.347 e. The summed E-state index contributed by atoms with van der Waals surface area (Å²) in [6.45, 7) is 2.21. The summed E-state index contributed by atoms with van der Waals surface area (Å²) in [6, 6.07) is 8.18. The summed E-state index contributed by atoms with van der Waals surface area (Å²) in [5, 5.41) is 10.3. The lowest BCUT2D eigenvalue weighted by molar-refractivity contribution is -0.159. The zero-order valence-corrected chi connectivity index (χ0v) is 14.5. The molecule has 0 bridgehead atoms. The summed E-state index contributed by atoms with van der Waals surface area (Å²) >= 11 is 0. The van der Waals surface area contributed by atoms with Crippen LogP contribution in [0.5, 0.6) is 0 Å². The van der Waals surface area contributed by atoms with Gasteiger partial charge in [-0.1, -0.05) is 36.3 Å². The van der Waals surface area contributed by atoms with E-state index in [9.17, 15) is 18.0 Å². The molecule has 10 heteroatoms. The second-order valence-corrected chi connectivity index (χ2v) is 5.80. The van der Waals surface area contributed by atoms with Crippen molar-refractivity contribution in [2.24, 2.45) is 7.05 Å². The van der Waals surface area contributed by atoms with E-state index in [1.54, 1.807) is 37.4 Å². The molecule has 7 nitrogen and oxygen atoms in total. The Labute approximate surface area is 152 Å². The summed E-state index contributed by atoms with van der Waals surface area (Å²) in [6.07, 6.45) is -3.95. The van der Waals surface area contributed by atoms with Gasteiger partial charge in [0.15, 0.2) is 0 Å². The van der Waals surface area contributed by atoms with Gasteiger partial charge in [0, 0.05) is 19.2 Å². The second kappa shape index (κ2) is 7.22. The van der Waals surface area contributed by atoms with Crippen molar-refractivity contribution in [3.05, 3.63) is 53.2 Å². The maximum absolute atomic E-state index is 12.5. The van der Waals surface area contributed by atoms with Gasteiger partial charge in [-0.15, -0.1) is 0 Å². The summed E-state index contributed by atoms with van der Waals surface area (Å²) in [5.74, 6) is -1.81. The molecule has 0 saturated heterocycles. The van der Waals surface area contributed by atoms with Gasteiger partial charge >= 0.3 is 12.1 Å². The maximum atomic E-state index is 12.5. The standard InChI is InChI=1S/C17H16F3N5O2/c1-3-12-8-13(25(2)23-12)15(26)21-9-10-4-6-11(7-5-10)14-22-16(27-24-14)17(18,19)20/h4-8H,3,9H2,1-2H3,(H,21,26). The van der Waals surface area contributed by atoms with Gasteiger partial charge in [-0.25, -0.2) is 0 Å². The van der Waals surface area contributed by atoms with Gasteiger partial charge < -0.3 is 9.84 Å². The Morgan fingerprint density at radius 2 is 1.96 bits per heavy atom. The van der Waals surface area contributed by atoms with Crippen molar-refractivity contribution in [1.29, 1.82) is 0 Å². The van der Waals surface area contributed by atoms with Crippen molar-refractivity contribution < 1.29 is 22.5 Å². The number of hydrogen-bond acceptors (Lipinski definition) is 5. The molecule has 2 aromatic heterocycles. The van der Waals surface area contributed by atoms with E-state index >= 15 is 0 Å². The predicted octanol–water partition coefficient (Wildman–Crippen LogP) is 2.98. The molecule has 0 spiro atoms. The molecule has 0 radical (unpaired) electrons. The first-order chi connectivity index (χ1) is 12.8. The van der Waals surface area contributed by atoms with Gasteiger partial charge in [0.1, 0.15) is 5.69 Å². The number of halogens is 3. The summed E-state index contributed by atoms with van der Waals surface area (Å²) in [4.78, 5) is 15.6. The Hall–Kier alpha value is -3.17. The van der Waals surface area contributed by atoms with Crippen LogP contribution >= 0.6 is 0 Å². The minimum absolute atomic E-state index is 0.153. The monoisotopic (exact) mass is 379 g/mol. The Morgan fingerprint density at radius 3 is 2.52 bits per heavy atom. The van der Waals surface area contributed by atoms with Gasteiger partial charge in [-0.05, 0) is 18.1 Å². The van der Waals surface area contributed by atoms with Crippen LogP contribution in [0.1, 0.15) is 34.6 Å². The number of aryl methyl sites for hydroxylation is 2. The highest BCUT2D eigenvalue weighted by Crippen LogP contribution is 2.29. The van der Waals surface area contributed by atoms with Gasteiger partial charge in [0.2, 0.25) is 5.82 Å². The quantitative estimate of drug-likeness (QED) is 0.737. The van der Waals surface area contributed by atoms with Crippen LogP contribution in [0.2, 0.25) is 0 Å². The average Bonchev–Trinajstić information content (AvgIpc) is 3.27. The third-order valence-corrected chi connectivity index (χ3v) is 3.86. The number of hydrogen-bond donors (Lipinski definition) is 1. The lowest BCUT2D eigenvalue weighted by Crippen LogP contribution is -2.25. The number of alkyl halides is 3. The molecule has 0 unspecified atom stereocenters. The maximum Gasteiger partial charge on any atom is 0.471 e. The lowest BCUT2D eigenvalue weighted by Gasteiger charge is -2.06. The van der Waals surface area contributed by atoms with E-state index in [4.69, 9.17) is 0 Å². The molecule has 0 aliphatic rings. The molecule has 1 amide bonds. The fourth-order valence-electron chi connectivity index (χ4n) is 2.41. The molecule has 142 valence electrons. The molecule has 0 fully saturated rings. The van der Waals surface area contributed by atoms with Crippen molar-refractivity contribution in [2.45, 2.75) is 26.1 Å². The van der Waals surface area contributed by atoms with E-state index in [1.807, 2.05) is 6.92 Å². The smallest absolute Gasteiger partial charge is 0.347 e. The summed E-state index contributed by atoms with van der Waals surface area (Å²) in [7, 11) is 1.70. The second-order valence-electron chi connectivity index (χ2n) is 5.80. The van der Waals surface area contributed by atoms with Crippen molar-refractivity contribution in [1.82, 2.24) is 25.2 Å². The third kappa shape index (κ3) is 4.15. The SMILES string of the molecule is CCc1cc(C(=O)NCc2ccc(-c3noc(C(F)(F)F)n3)cc2)n(C)n1. The number of amides is 1. The number of benzene rings is 1. The number of rotatable bonds is 5. The van der Waals surface area contributed by atoms with Gasteiger partial charge in [0.05, 0.1) is 5.69 Å². The van der Waals surface area contributed by atoms with Crippen molar-refractivity contribution in [3.63, 3.8) is 0 Å². The van der Waals surface area contributed by atoms with E-state index in [0.29, 0.717) is 11.3 Å². The molecule has 27 heavy (non-hydrogen) atoms. The first-order valence-corrected chi connectivity index (χ1v) is 8.09. The Morgan fingerprint density at radius 1 is 1.26 bits per heavy atom. The molecule has 0 aliphatic heterocycles. The van der Waals surface area contributed by atoms with Crippen LogP contribution in [-0.2, 0) is 26.2 Å². The van der Waals surface area contributed by atoms with E-state index in [0.717, 1.165) is 17.7 Å². The van der Waals surface area contributed by atoms with Crippen LogP contribution in [0.4, 0.5) is 13.2 Å². The Bertz CT molecular complexity index is 944. The number of carbonyl (C=O) groups excluding carboxylic acids is 1. The van der Waals surface area contributed by atoms with Crippen LogP contribution in [0.15, 0.2) is 34.9 Å². The molecule has 3 aromatic rings. The molecule has 0 aliphatic carbocycles. The first-order valence-electron chi connectivity index (χ1n) is 8.09. The molecule has 0 atom stereocenters. The number of nitrogens with zero attached hydrogens (tertiary/aromatic N) is 4. The predicted molar refractivity (Wildman–Crippen MR) is 88.5 cm³/mol. The van der Waals surface area contributed by atoms with Gasteiger partial charge in [0.25, 0.3) is 5.91 Å². The molecule has 3 rings (SSSR count). The number of carbonyl (C=O) groups is 1. The minimum atomic E-state index is -4.68. The van der Waals surface area contributed by atoms with Crippen molar-refractivity contribution >= 4 is 5.91 Å². The fourth-order valence-corrected chi connectivity index (χ4v) is 2.41. The highest BCUT2D eigenvalue weighted by molar-refractivity contribution is 5.92. The molecule has 2 heterocycles. The van der Waals surface area contributed by atoms with E-state index in [1.165, 1.54) is 4.68 Å². The average molecular weight is 379 g/mol. The molecule has 1 aromatic carbocycles. The number of nitrogens with one attached hydrogen (secondary N) is 1. The molecular formula is C17H16F3N5O2. The normalized spacial score (nSPS) is 11.6. The number of aromatic nitrogens is 4. The summed E-state index contributed by atoms with van der Waals surface area (Å²) < 4.78 is 43.3. The summed E-state index contributed by atoms with van der Waals surface area (Å²) in [5.41, 5.74) is 2.42. The third-order valence-electron chi connectivity index (χ3n) is 3.86. The Kier molecular flexibility index (Phi) is 4.98. The van der Waals surface area contributed by atoms with Crippen molar-refractivity contribution in [2.75, 3.05) is 0 Å². The Balaban J connectivity index is 1.64. The highest BCUT2D eigenvalue weighted by Gasteiger charge is 2.38.